The van der Waals surface area contributed by atoms with Crippen LogP contribution in [0.25, 0.3) is 0 Å². The number of ketones is 1. The molecule has 0 aliphatic heterocycles. The summed E-state index contributed by atoms with van der Waals surface area (Å²) in [5.74, 6) is -3.34. The third-order valence-electron chi connectivity index (χ3n) is 5.16. The molecule has 4 atom stereocenters. The van der Waals surface area contributed by atoms with Crippen LogP contribution in [-0.2, 0) is 33.4 Å². The molecule has 0 aromatic heterocycles. The van der Waals surface area contributed by atoms with Crippen LogP contribution in [0.5, 0.6) is 0 Å². The lowest BCUT2D eigenvalue weighted by atomic mass is 9.73. The van der Waals surface area contributed by atoms with Crippen LogP contribution in [0, 0.1) is 17.8 Å². The van der Waals surface area contributed by atoms with Crippen molar-refractivity contribution in [3.05, 3.63) is 11.1 Å². The Morgan fingerprint density at radius 3 is 2.20 bits per heavy atom. The van der Waals surface area contributed by atoms with Gasteiger partial charge in [0.1, 0.15) is 6.10 Å². The lowest BCUT2D eigenvalue weighted by Crippen LogP contribution is -2.37. The van der Waals surface area contributed by atoms with Gasteiger partial charge < -0.3 is 14.2 Å². The largest absolute Gasteiger partial charge is 0.469 e. The molecule has 2 aliphatic rings. The molecule has 2 rings (SSSR count). The van der Waals surface area contributed by atoms with Gasteiger partial charge in [-0.05, 0) is 32.6 Å². The fourth-order valence-corrected chi connectivity index (χ4v) is 4.05. The maximum atomic E-state index is 12.8. The van der Waals surface area contributed by atoms with Crippen molar-refractivity contribution in [1.29, 1.82) is 0 Å². The number of hydrogen-bond donors (Lipinski definition) is 0. The fraction of sp³-hybridized carbons (Fsp3) is 0.667. The lowest BCUT2D eigenvalue weighted by molar-refractivity contribution is -0.153. The van der Waals surface area contributed by atoms with E-state index in [4.69, 9.17) is 14.2 Å². The van der Waals surface area contributed by atoms with Crippen molar-refractivity contribution in [2.24, 2.45) is 17.8 Å². The first-order chi connectivity index (χ1) is 11.8. The Labute approximate surface area is 146 Å². The molecule has 0 N–H and O–H groups in total. The van der Waals surface area contributed by atoms with E-state index in [2.05, 4.69) is 0 Å². The highest BCUT2D eigenvalue weighted by molar-refractivity contribution is 6.10. The second-order valence-corrected chi connectivity index (χ2v) is 6.54. The molecule has 7 heteroatoms. The highest BCUT2D eigenvalue weighted by atomic mass is 16.5. The fourth-order valence-electron chi connectivity index (χ4n) is 4.05. The summed E-state index contributed by atoms with van der Waals surface area (Å²) in [7, 11) is 2.55. The number of methoxy groups -OCH3 is 2. The minimum Gasteiger partial charge on any atom is -0.469 e. The number of carbonyl (C=O) groups is 4. The number of Topliss-reactive ketones (excluding diaryl/α,β-unsaturated/α-hetero) is 1. The number of esters is 3. The van der Waals surface area contributed by atoms with Crippen molar-refractivity contribution in [1.82, 2.24) is 0 Å². The van der Waals surface area contributed by atoms with Crippen LogP contribution in [0.4, 0.5) is 0 Å². The Balaban J connectivity index is 2.39. The molecular weight excluding hydrogens is 328 g/mol. The second kappa shape index (κ2) is 7.80. The highest BCUT2D eigenvalue weighted by Crippen LogP contribution is 2.45. The van der Waals surface area contributed by atoms with Crippen molar-refractivity contribution in [2.75, 3.05) is 14.2 Å². The van der Waals surface area contributed by atoms with Gasteiger partial charge in [-0.3, -0.25) is 14.4 Å². The van der Waals surface area contributed by atoms with E-state index in [9.17, 15) is 19.2 Å². The third-order valence-corrected chi connectivity index (χ3v) is 5.16. The first-order valence-corrected chi connectivity index (χ1v) is 8.40. The molecule has 0 bridgehead atoms. The van der Waals surface area contributed by atoms with Gasteiger partial charge in [0.2, 0.25) is 0 Å². The first kappa shape index (κ1) is 19.1. The van der Waals surface area contributed by atoms with Crippen molar-refractivity contribution in [3.63, 3.8) is 0 Å². The molecule has 1 saturated carbocycles. The highest BCUT2D eigenvalue weighted by Gasteiger charge is 2.50. The van der Waals surface area contributed by atoms with E-state index in [1.165, 1.54) is 21.1 Å². The van der Waals surface area contributed by atoms with Crippen LogP contribution in [0.3, 0.4) is 0 Å². The van der Waals surface area contributed by atoms with Crippen LogP contribution < -0.4 is 0 Å². The quantitative estimate of drug-likeness (QED) is 0.562. The molecule has 2 aliphatic carbocycles. The molecule has 0 aromatic rings. The summed E-state index contributed by atoms with van der Waals surface area (Å²) in [6, 6.07) is 0. The monoisotopic (exact) mass is 352 g/mol. The summed E-state index contributed by atoms with van der Waals surface area (Å²) in [6.45, 7) is 2.93. The Morgan fingerprint density at radius 2 is 1.64 bits per heavy atom. The average Bonchev–Trinajstić information content (AvgIpc) is 2.80. The summed E-state index contributed by atoms with van der Waals surface area (Å²) < 4.78 is 15.0. The molecular formula is C18H24O7. The summed E-state index contributed by atoms with van der Waals surface area (Å²) in [6.07, 6.45) is 1.47. The standard InChI is InChI=1S/C18H24O7/c1-9-14(18(22)24-4)12-7-5-11(25-10(2)19)6-8-13(17(21)23-3)15(12)16(9)20/h11-13,15H,5-8H2,1-4H3/t11?,12-,13+,15-/m0/s1. The molecule has 1 fully saturated rings. The van der Waals surface area contributed by atoms with E-state index < -0.39 is 29.7 Å². The number of rotatable bonds is 3. The smallest absolute Gasteiger partial charge is 0.334 e. The summed E-state index contributed by atoms with van der Waals surface area (Å²) in [5, 5.41) is 0. The Morgan fingerprint density at radius 1 is 1.00 bits per heavy atom. The van der Waals surface area contributed by atoms with Crippen molar-refractivity contribution >= 4 is 23.7 Å². The van der Waals surface area contributed by atoms with Crippen LogP contribution in [0.15, 0.2) is 11.1 Å². The molecule has 0 saturated heterocycles. The predicted octanol–water partition coefficient (Wildman–Crippen LogP) is 1.59. The van der Waals surface area contributed by atoms with E-state index in [0.29, 0.717) is 36.8 Å². The van der Waals surface area contributed by atoms with Gasteiger partial charge in [-0.15, -0.1) is 0 Å². The van der Waals surface area contributed by atoms with Gasteiger partial charge in [0.15, 0.2) is 5.78 Å². The molecule has 0 spiro atoms. The van der Waals surface area contributed by atoms with Gasteiger partial charge in [0.25, 0.3) is 0 Å². The molecule has 25 heavy (non-hydrogen) atoms. The van der Waals surface area contributed by atoms with Crippen molar-refractivity contribution in [3.8, 4) is 0 Å². The zero-order valence-corrected chi connectivity index (χ0v) is 15.0. The van der Waals surface area contributed by atoms with Crippen molar-refractivity contribution < 1.29 is 33.4 Å². The number of allylic oxidation sites excluding steroid dienone is 1. The Hall–Kier alpha value is -2.18. The van der Waals surface area contributed by atoms with E-state index >= 15 is 0 Å². The summed E-state index contributed by atoms with van der Waals surface area (Å²) >= 11 is 0. The number of ether oxygens (including phenoxy) is 3. The van der Waals surface area contributed by atoms with Crippen molar-refractivity contribution in [2.45, 2.75) is 45.6 Å². The van der Waals surface area contributed by atoms with E-state index in [0.717, 1.165) is 0 Å². The molecule has 0 aromatic carbocycles. The SMILES string of the molecule is COC(=O)C1=C(C)C(=O)[C@@H]2[C@H](C(=O)OC)CCC(OC(C)=O)CC[C@@H]12. The second-order valence-electron chi connectivity index (χ2n) is 6.54. The third kappa shape index (κ3) is 3.75. The zero-order chi connectivity index (χ0) is 18.7. The van der Waals surface area contributed by atoms with Crippen LogP contribution in [0.2, 0.25) is 0 Å². The Bertz CT molecular complexity index is 619. The molecule has 0 radical (unpaired) electrons. The van der Waals surface area contributed by atoms with Gasteiger partial charge in [-0.25, -0.2) is 4.79 Å². The molecule has 1 unspecified atom stereocenters. The minimum absolute atomic E-state index is 0.202. The maximum absolute atomic E-state index is 12.8. The number of fused-ring (bicyclic) bond motifs is 1. The molecule has 138 valence electrons. The lowest BCUT2D eigenvalue weighted by Gasteiger charge is -2.32. The molecule has 7 nitrogen and oxygen atoms in total. The Kier molecular flexibility index (Phi) is 5.98. The number of carbonyl (C=O) groups excluding carboxylic acids is 4. The van der Waals surface area contributed by atoms with E-state index in [1.807, 2.05) is 0 Å². The summed E-state index contributed by atoms with van der Waals surface area (Å²) in [5.41, 5.74) is 0.677. The topological polar surface area (TPSA) is 96.0 Å². The normalized spacial score (nSPS) is 29.4. The van der Waals surface area contributed by atoms with Crippen LogP contribution >= 0.6 is 0 Å². The minimum atomic E-state index is -0.669. The van der Waals surface area contributed by atoms with Crippen LogP contribution in [0.1, 0.15) is 39.5 Å². The van der Waals surface area contributed by atoms with Crippen LogP contribution in [-0.4, -0.2) is 44.0 Å². The zero-order valence-electron chi connectivity index (χ0n) is 15.0. The molecule has 0 amide bonds. The van der Waals surface area contributed by atoms with E-state index in [1.54, 1.807) is 6.92 Å². The van der Waals surface area contributed by atoms with Gasteiger partial charge in [-0.1, -0.05) is 0 Å². The summed E-state index contributed by atoms with van der Waals surface area (Å²) in [4.78, 5) is 48.5. The van der Waals surface area contributed by atoms with Gasteiger partial charge >= 0.3 is 17.9 Å². The van der Waals surface area contributed by atoms with Gasteiger partial charge in [-0.2, -0.15) is 0 Å². The maximum Gasteiger partial charge on any atom is 0.334 e. The first-order valence-electron chi connectivity index (χ1n) is 8.40. The molecule has 0 heterocycles. The van der Waals surface area contributed by atoms with Gasteiger partial charge in [0, 0.05) is 29.9 Å². The number of hydrogen-bond acceptors (Lipinski definition) is 7. The predicted molar refractivity (Wildman–Crippen MR) is 86.2 cm³/mol. The average molecular weight is 352 g/mol. The van der Waals surface area contributed by atoms with Gasteiger partial charge in [0.05, 0.1) is 20.1 Å². The van der Waals surface area contributed by atoms with E-state index in [-0.39, 0.29) is 17.9 Å².